The van der Waals surface area contributed by atoms with Crippen molar-refractivity contribution in [2.24, 2.45) is 0 Å². The SMILES string of the molecule is [C-]#[N+]c1ccc(N2CCC(OC3CCN(C4CCC4)CC3)CC2)cn1. The van der Waals surface area contributed by atoms with E-state index in [1.807, 2.05) is 12.3 Å². The van der Waals surface area contributed by atoms with Gasteiger partial charge in [-0.25, -0.2) is 0 Å². The predicted molar refractivity (Wildman–Crippen MR) is 99.1 cm³/mol. The summed E-state index contributed by atoms with van der Waals surface area (Å²) in [6, 6.07) is 4.70. The zero-order chi connectivity index (χ0) is 17.1. The fourth-order valence-electron chi connectivity index (χ4n) is 4.28. The molecule has 1 aliphatic carbocycles. The minimum atomic E-state index is 0.409. The first-order chi connectivity index (χ1) is 12.3. The minimum Gasteiger partial charge on any atom is -0.375 e. The number of hydrogen-bond donors (Lipinski definition) is 0. The second-order valence-corrected chi connectivity index (χ2v) is 7.63. The second kappa shape index (κ2) is 7.72. The summed E-state index contributed by atoms with van der Waals surface area (Å²) >= 11 is 0. The largest absolute Gasteiger partial charge is 0.375 e. The first-order valence-corrected chi connectivity index (χ1v) is 9.80. The van der Waals surface area contributed by atoms with Crippen LogP contribution in [0.15, 0.2) is 18.3 Å². The molecule has 5 nitrogen and oxygen atoms in total. The summed E-state index contributed by atoms with van der Waals surface area (Å²) < 4.78 is 6.42. The molecule has 1 saturated carbocycles. The zero-order valence-electron chi connectivity index (χ0n) is 14.9. The van der Waals surface area contributed by atoms with Crippen LogP contribution in [0.1, 0.15) is 44.9 Å². The Morgan fingerprint density at radius 3 is 2.16 bits per heavy atom. The van der Waals surface area contributed by atoms with E-state index in [0.717, 1.165) is 37.7 Å². The number of anilines is 1. The average molecular weight is 340 g/mol. The Kier molecular flexibility index (Phi) is 5.19. The number of aromatic nitrogens is 1. The lowest BCUT2D eigenvalue weighted by molar-refractivity contribution is -0.0598. The van der Waals surface area contributed by atoms with Gasteiger partial charge in [0.15, 0.2) is 0 Å². The van der Waals surface area contributed by atoms with Crippen molar-refractivity contribution in [3.63, 3.8) is 0 Å². The van der Waals surface area contributed by atoms with Gasteiger partial charge in [-0.2, -0.15) is 0 Å². The third-order valence-corrected chi connectivity index (χ3v) is 6.11. The summed E-state index contributed by atoms with van der Waals surface area (Å²) in [5.74, 6) is 0.468. The van der Waals surface area contributed by atoms with Crippen LogP contribution < -0.4 is 4.90 Å². The Morgan fingerprint density at radius 1 is 0.960 bits per heavy atom. The molecule has 1 aromatic heterocycles. The molecule has 0 aromatic carbocycles. The lowest BCUT2D eigenvalue weighted by atomic mass is 9.89. The predicted octanol–water partition coefficient (Wildman–Crippen LogP) is 3.63. The summed E-state index contributed by atoms with van der Waals surface area (Å²) in [5.41, 5.74) is 1.12. The van der Waals surface area contributed by atoms with E-state index in [2.05, 4.69) is 19.6 Å². The Labute approximate surface area is 150 Å². The molecule has 0 spiro atoms. The highest BCUT2D eigenvalue weighted by Gasteiger charge is 2.30. The maximum absolute atomic E-state index is 6.99. The van der Waals surface area contributed by atoms with Gasteiger partial charge in [0.1, 0.15) is 6.20 Å². The maximum Gasteiger partial charge on any atom is 0.269 e. The fourth-order valence-corrected chi connectivity index (χ4v) is 4.28. The molecule has 2 saturated heterocycles. The Balaban J connectivity index is 1.20. The third-order valence-electron chi connectivity index (χ3n) is 6.11. The van der Waals surface area contributed by atoms with E-state index < -0.39 is 0 Å². The number of pyridine rings is 1. The molecule has 2 aliphatic heterocycles. The fraction of sp³-hybridized carbons (Fsp3) is 0.700. The summed E-state index contributed by atoms with van der Waals surface area (Å²) in [7, 11) is 0. The lowest BCUT2D eigenvalue weighted by Gasteiger charge is -2.42. The molecule has 3 heterocycles. The molecule has 0 unspecified atom stereocenters. The lowest BCUT2D eigenvalue weighted by Crippen LogP contribution is -2.47. The van der Waals surface area contributed by atoms with E-state index in [4.69, 9.17) is 11.3 Å². The van der Waals surface area contributed by atoms with E-state index in [9.17, 15) is 0 Å². The maximum atomic E-state index is 6.99. The Morgan fingerprint density at radius 2 is 1.64 bits per heavy atom. The van der Waals surface area contributed by atoms with Crippen LogP contribution in [0.3, 0.4) is 0 Å². The normalized spacial score (nSPS) is 24.0. The summed E-state index contributed by atoms with van der Waals surface area (Å²) in [5, 5.41) is 0. The summed E-state index contributed by atoms with van der Waals surface area (Å²) in [6.45, 7) is 11.5. The van der Waals surface area contributed by atoms with Crippen LogP contribution in [0.25, 0.3) is 4.85 Å². The molecule has 3 fully saturated rings. The second-order valence-electron chi connectivity index (χ2n) is 7.63. The molecule has 4 rings (SSSR count). The highest BCUT2D eigenvalue weighted by atomic mass is 16.5. The molecule has 134 valence electrons. The van der Waals surface area contributed by atoms with Crippen molar-refractivity contribution in [3.05, 3.63) is 29.7 Å². The molecule has 5 heteroatoms. The van der Waals surface area contributed by atoms with Crippen molar-refractivity contribution in [2.45, 2.75) is 63.2 Å². The van der Waals surface area contributed by atoms with Gasteiger partial charge in [0.2, 0.25) is 0 Å². The average Bonchev–Trinajstić information content (AvgIpc) is 2.63. The van der Waals surface area contributed by atoms with Crippen molar-refractivity contribution in [3.8, 4) is 0 Å². The van der Waals surface area contributed by atoms with Gasteiger partial charge in [-0.05, 0) is 50.7 Å². The van der Waals surface area contributed by atoms with Crippen molar-refractivity contribution < 1.29 is 4.74 Å². The summed E-state index contributed by atoms with van der Waals surface area (Å²) in [6.07, 6.45) is 11.5. The van der Waals surface area contributed by atoms with E-state index in [0.29, 0.717) is 18.0 Å². The van der Waals surface area contributed by atoms with Crippen molar-refractivity contribution >= 4 is 11.5 Å². The van der Waals surface area contributed by atoms with Crippen LogP contribution in [0, 0.1) is 6.57 Å². The third kappa shape index (κ3) is 3.96. The van der Waals surface area contributed by atoms with Gasteiger partial charge in [0.05, 0.1) is 17.9 Å². The molecule has 0 N–H and O–H groups in total. The van der Waals surface area contributed by atoms with Gasteiger partial charge in [-0.1, -0.05) is 13.0 Å². The van der Waals surface area contributed by atoms with E-state index in [1.54, 1.807) is 6.07 Å². The number of likely N-dealkylation sites (tertiary alicyclic amines) is 1. The van der Waals surface area contributed by atoms with Crippen LogP contribution in [-0.2, 0) is 4.74 Å². The first-order valence-electron chi connectivity index (χ1n) is 9.80. The number of nitrogens with zero attached hydrogens (tertiary/aromatic N) is 4. The number of hydrogen-bond acceptors (Lipinski definition) is 4. The molecule has 0 bridgehead atoms. The quantitative estimate of drug-likeness (QED) is 0.784. The van der Waals surface area contributed by atoms with Gasteiger partial charge >= 0.3 is 0 Å². The van der Waals surface area contributed by atoms with Gasteiger partial charge in [-0.3, -0.25) is 0 Å². The van der Waals surface area contributed by atoms with Crippen LogP contribution in [0.4, 0.5) is 11.5 Å². The molecular weight excluding hydrogens is 312 g/mol. The standard InChI is InChI=1S/C20H28N4O/c1-21-20-6-5-17(15-22-20)24-13-9-19(10-14-24)25-18-7-11-23(12-8-18)16-3-2-4-16/h5-6,15-16,18-19H,2-4,7-14H2. The van der Waals surface area contributed by atoms with E-state index in [-0.39, 0.29) is 0 Å². The van der Waals surface area contributed by atoms with E-state index >= 15 is 0 Å². The molecule has 0 atom stereocenters. The van der Waals surface area contributed by atoms with Gasteiger partial charge in [-0.15, -0.1) is 4.98 Å². The van der Waals surface area contributed by atoms with Crippen molar-refractivity contribution in [1.82, 2.24) is 9.88 Å². The van der Waals surface area contributed by atoms with Crippen molar-refractivity contribution in [1.29, 1.82) is 0 Å². The number of piperidine rings is 2. The summed E-state index contributed by atoms with van der Waals surface area (Å²) in [4.78, 5) is 12.6. The molecule has 0 radical (unpaired) electrons. The Hall–Kier alpha value is -1.64. The first kappa shape index (κ1) is 16.8. The molecule has 1 aromatic rings. The topological polar surface area (TPSA) is 33.0 Å². The van der Waals surface area contributed by atoms with Crippen molar-refractivity contribution in [2.75, 3.05) is 31.1 Å². The zero-order valence-corrected chi connectivity index (χ0v) is 14.9. The number of ether oxygens (including phenoxy) is 1. The molecule has 25 heavy (non-hydrogen) atoms. The van der Waals surface area contributed by atoms with Gasteiger partial charge < -0.3 is 19.4 Å². The highest BCUT2D eigenvalue weighted by molar-refractivity contribution is 5.50. The van der Waals surface area contributed by atoms with E-state index in [1.165, 1.54) is 45.2 Å². The molecule has 0 amide bonds. The van der Waals surface area contributed by atoms with Gasteiger partial charge in [0.25, 0.3) is 5.82 Å². The molecule has 3 aliphatic rings. The van der Waals surface area contributed by atoms with Gasteiger partial charge in [0, 0.05) is 32.2 Å². The molecular formula is C20H28N4O. The monoisotopic (exact) mass is 340 g/mol. The van der Waals surface area contributed by atoms with Crippen LogP contribution in [-0.4, -0.2) is 54.3 Å². The highest BCUT2D eigenvalue weighted by Crippen LogP contribution is 2.29. The van der Waals surface area contributed by atoms with Crippen LogP contribution in [0.5, 0.6) is 0 Å². The smallest absolute Gasteiger partial charge is 0.269 e. The Bertz CT molecular complexity index is 591. The minimum absolute atomic E-state index is 0.409. The number of rotatable bonds is 4. The van der Waals surface area contributed by atoms with Crippen LogP contribution in [0.2, 0.25) is 0 Å². The van der Waals surface area contributed by atoms with Crippen LogP contribution >= 0.6 is 0 Å².